The van der Waals surface area contributed by atoms with Crippen LogP contribution in [0.4, 0.5) is 5.69 Å². The van der Waals surface area contributed by atoms with Crippen molar-refractivity contribution < 1.29 is 14.6 Å². The molecule has 0 radical (unpaired) electrons. The number of phenolic OH excluding ortho intramolecular Hbond substituents is 1. The van der Waals surface area contributed by atoms with Crippen molar-refractivity contribution in [2.75, 3.05) is 12.4 Å². The summed E-state index contributed by atoms with van der Waals surface area (Å²) in [7, 11) is 1.63. The number of nitrogens with zero attached hydrogens (tertiary/aromatic N) is 1. The van der Waals surface area contributed by atoms with Crippen LogP contribution in [0.3, 0.4) is 0 Å². The third kappa shape index (κ3) is 3.38. The van der Waals surface area contributed by atoms with Gasteiger partial charge >= 0.3 is 0 Å². The molecule has 2 N–H and O–H groups in total. The summed E-state index contributed by atoms with van der Waals surface area (Å²) in [6.45, 7) is 1.40. The second kappa shape index (κ2) is 6.72. The molecular weight excluding hydrogens is 324 g/mol. The Morgan fingerprint density at radius 1 is 1.21 bits per heavy atom. The fourth-order valence-electron chi connectivity index (χ4n) is 2.28. The maximum absolute atomic E-state index is 11.2. The van der Waals surface area contributed by atoms with Crippen molar-refractivity contribution >= 4 is 22.9 Å². The van der Waals surface area contributed by atoms with Gasteiger partial charge in [0.2, 0.25) is 5.91 Å². The molecule has 122 valence electrons. The predicted molar refractivity (Wildman–Crippen MR) is 95.5 cm³/mol. The molecule has 0 aliphatic carbocycles. The first-order valence-electron chi connectivity index (χ1n) is 7.28. The number of ether oxygens (including phenoxy) is 1. The molecule has 0 aliphatic rings. The summed E-state index contributed by atoms with van der Waals surface area (Å²) in [5.74, 6) is 0.567. The highest BCUT2D eigenvalue weighted by Gasteiger charge is 2.10. The maximum atomic E-state index is 11.2. The van der Waals surface area contributed by atoms with Gasteiger partial charge in [0.25, 0.3) is 0 Å². The number of aromatic nitrogens is 1. The van der Waals surface area contributed by atoms with Gasteiger partial charge in [-0.05, 0) is 30.3 Å². The normalized spacial score (nSPS) is 10.4. The molecule has 1 heterocycles. The molecule has 1 aromatic heterocycles. The number of phenols is 1. The summed E-state index contributed by atoms with van der Waals surface area (Å²) in [5.41, 5.74) is 2.95. The highest BCUT2D eigenvalue weighted by molar-refractivity contribution is 7.13. The Morgan fingerprint density at radius 2 is 2.04 bits per heavy atom. The van der Waals surface area contributed by atoms with E-state index in [1.54, 1.807) is 25.3 Å². The van der Waals surface area contributed by atoms with E-state index < -0.39 is 0 Å². The number of amides is 1. The smallest absolute Gasteiger partial charge is 0.221 e. The highest BCUT2D eigenvalue weighted by Crippen LogP contribution is 2.33. The van der Waals surface area contributed by atoms with Crippen LogP contribution in [0.1, 0.15) is 6.92 Å². The summed E-state index contributed by atoms with van der Waals surface area (Å²) < 4.78 is 5.24. The molecule has 0 saturated carbocycles. The van der Waals surface area contributed by atoms with Gasteiger partial charge < -0.3 is 15.2 Å². The Labute approximate surface area is 143 Å². The predicted octanol–water partition coefficient (Wildman–Crippen LogP) is 4.15. The second-order valence-corrected chi connectivity index (χ2v) is 6.04. The van der Waals surface area contributed by atoms with Gasteiger partial charge in [-0.15, -0.1) is 11.3 Å². The Kier molecular flexibility index (Phi) is 4.48. The number of carbonyl (C=O) groups excluding carboxylic acids is 1. The van der Waals surface area contributed by atoms with E-state index in [1.807, 2.05) is 29.6 Å². The zero-order valence-electron chi connectivity index (χ0n) is 13.2. The number of anilines is 1. The fourth-order valence-corrected chi connectivity index (χ4v) is 3.11. The first-order chi connectivity index (χ1) is 11.6. The van der Waals surface area contributed by atoms with Crippen LogP contribution in [0.15, 0.2) is 47.8 Å². The molecule has 6 heteroatoms. The van der Waals surface area contributed by atoms with E-state index in [0.29, 0.717) is 5.69 Å². The van der Waals surface area contributed by atoms with Crippen LogP contribution in [-0.2, 0) is 4.79 Å². The maximum Gasteiger partial charge on any atom is 0.221 e. The number of rotatable bonds is 4. The first-order valence-corrected chi connectivity index (χ1v) is 8.15. The van der Waals surface area contributed by atoms with Crippen LogP contribution in [0, 0.1) is 0 Å². The number of hydrogen-bond donors (Lipinski definition) is 2. The van der Waals surface area contributed by atoms with E-state index in [2.05, 4.69) is 10.3 Å². The van der Waals surface area contributed by atoms with Crippen LogP contribution in [-0.4, -0.2) is 23.1 Å². The average Bonchev–Trinajstić information content (AvgIpc) is 3.06. The number of hydrogen-bond acceptors (Lipinski definition) is 5. The topological polar surface area (TPSA) is 71.5 Å². The summed E-state index contributed by atoms with van der Waals surface area (Å²) in [6, 6.07) is 12.7. The van der Waals surface area contributed by atoms with E-state index in [0.717, 1.165) is 27.6 Å². The van der Waals surface area contributed by atoms with E-state index in [1.165, 1.54) is 18.3 Å². The van der Waals surface area contributed by atoms with Gasteiger partial charge in [0.05, 0.1) is 18.5 Å². The minimum absolute atomic E-state index is 0.0252. The monoisotopic (exact) mass is 340 g/mol. The van der Waals surface area contributed by atoms with Gasteiger partial charge in [-0.25, -0.2) is 4.98 Å². The second-order valence-electron chi connectivity index (χ2n) is 5.18. The van der Waals surface area contributed by atoms with Gasteiger partial charge in [0.1, 0.15) is 16.5 Å². The molecule has 0 fully saturated rings. The average molecular weight is 340 g/mol. The summed E-state index contributed by atoms with van der Waals surface area (Å²) in [6.07, 6.45) is 0. The third-order valence-electron chi connectivity index (χ3n) is 3.42. The van der Waals surface area contributed by atoms with Gasteiger partial charge in [0.15, 0.2) is 0 Å². The lowest BCUT2D eigenvalue weighted by molar-refractivity contribution is -0.114. The Bertz CT molecular complexity index is 889. The molecule has 0 saturated heterocycles. The molecular formula is C18H16N2O3S. The van der Waals surface area contributed by atoms with Crippen LogP contribution in [0.5, 0.6) is 11.5 Å². The number of thiazole rings is 1. The summed E-state index contributed by atoms with van der Waals surface area (Å²) in [5, 5.41) is 15.2. The molecule has 0 spiro atoms. The molecule has 1 amide bonds. The van der Waals surface area contributed by atoms with Gasteiger partial charge in [-0.1, -0.05) is 12.1 Å². The minimum Gasteiger partial charge on any atom is -0.506 e. The Hall–Kier alpha value is -2.86. The van der Waals surface area contributed by atoms with Gasteiger partial charge in [0, 0.05) is 23.4 Å². The molecule has 5 nitrogen and oxygen atoms in total. The molecule has 0 atom stereocenters. The largest absolute Gasteiger partial charge is 0.506 e. The van der Waals surface area contributed by atoms with E-state index in [9.17, 15) is 9.90 Å². The summed E-state index contributed by atoms with van der Waals surface area (Å²) in [4.78, 5) is 15.9. The lowest BCUT2D eigenvalue weighted by Gasteiger charge is -2.06. The third-order valence-corrected chi connectivity index (χ3v) is 4.32. The molecule has 0 bridgehead atoms. The Morgan fingerprint density at radius 3 is 2.79 bits per heavy atom. The molecule has 3 rings (SSSR count). The van der Waals surface area contributed by atoms with Crippen molar-refractivity contribution in [1.29, 1.82) is 0 Å². The quantitative estimate of drug-likeness (QED) is 0.700. The van der Waals surface area contributed by atoms with Crippen molar-refractivity contribution in [3.63, 3.8) is 0 Å². The van der Waals surface area contributed by atoms with Crippen molar-refractivity contribution in [1.82, 2.24) is 4.98 Å². The molecule has 24 heavy (non-hydrogen) atoms. The van der Waals surface area contributed by atoms with Crippen molar-refractivity contribution in [2.45, 2.75) is 6.92 Å². The zero-order chi connectivity index (χ0) is 17.1. The van der Waals surface area contributed by atoms with Crippen LogP contribution in [0.25, 0.3) is 21.8 Å². The van der Waals surface area contributed by atoms with E-state index in [4.69, 9.17) is 4.74 Å². The van der Waals surface area contributed by atoms with E-state index >= 15 is 0 Å². The molecule has 3 aromatic rings. The molecule has 0 unspecified atom stereocenters. The van der Waals surface area contributed by atoms with Gasteiger partial charge in [-0.3, -0.25) is 4.79 Å². The SMILES string of the molecule is COc1cccc(-c2nc(-c3ccc(O)c(NC(C)=O)c3)cs2)c1. The van der Waals surface area contributed by atoms with Crippen LogP contribution >= 0.6 is 11.3 Å². The molecule has 2 aromatic carbocycles. The van der Waals surface area contributed by atoms with Crippen LogP contribution < -0.4 is 10.1 Å². The van der Waals surface area contributed by atoms with Crippen LogP contribution in [0.2, 0.25) is 0 Å². The number of methoxy groups -OCH3 is 1. The van der Waals surface area contributed by atoms with Crippen molar-refractivity contribution in [3.05, 3.63) is 47.8 Å². The lowest BCUT2D eigenvalue weighted by atomic mass is 10.1. The van der Waals surface area contributed by atoms with E-state index in [-0.39, 0.29) is 11.7 Å². The summed E-state index contributed by atoms with van der Waals surface area (Å²) >= 11 is 1.52. The number of carbonyl (C=O) groups is 1. The lowest BCUT2D eigenvalue weighted by Crippen LogP contribution is -2.05. The van der Waals surface area contributed by atoms with Gasteiger partial charge in [-0.2, -0.15) is 0 Å². The Balaban J connectivity index is 1.94. The number of benzene rings is 2. The number of nitrogens with one attached hydrogen (secondary N) is 1. The fraction of sp³-hybridized carbons (Fsp3) is 0.111. The first kappa shape index (κ1) is 16.0. The number of aromatic hydroxyl groups is 1. The van der Waals surface area contributed by atoms with Crippen molar-refractivity contribution in [2.24, 2.45) is 0 Å². The zero-order valence-corrected chi connectivity index (χ0v) is 14.1. The standard InChI is InChI=1S/C18H16N2O3S/c1-11(21)19-15-9-12(6-7-17(15)22)16-10-24-18(20-16)13-4-3-5-14(8-13)23-2/h3-10,22H,1-2H3,(H,19,21). The van der Waals surface area contributed by atoms with Crippen molar-refractivity contribution in [3.8, 4) is 33.3 Å². The minimum atomic E-state index is -0.238. The molecule has 0 aliphatic heterocycles. The highest BCUT2D eigenvalue weighted by atomic mass is 32.1.